The third-order valence-corrected chi connectivity index (χ3v) is 3.76. The molecule has 0 aliphatic heterocycles. The molecule has 0 fully saturated rings. The van der Waals surface area contributed by atoms with Crippen LogP contribution in [0.15, 0.2) is 36.8 Å². The molecule has 0 bridgehead atoms. The van der Waals surface area contributed by atoms with E-state index in [2.05, 4.69) is 25.7 Å². The van der Waals surface area contributed by atoms with Crippen molar-refractivity contribution in [2.24, 2.45) is 11.5 Å². The highest BCUT2D eigenvalue weighted by Crippen LogP contribution is 2.23. The van der Waals surface area contributed by atoms with Crippen LogP contribution < -0.4 is 22.1 Å². The number of aromatic nitrogens is 4. The third-order valence-electron chi connectivity index (χ3n) is 3.76. The van der Waals surface area contributed by atoms with E-state index in [1.165, 1.54) is 6.20 Å². The zero-order chi connectivity index (χ0) is 18.7. The second-order valence-corrected chi connectivity index (χ2v) is 5.54. The second kappa shape index (κ2) is 7.05. The van der Waals surface area contributed by atoms with Crippen LogP contribution >= 0.6 is 0 Å². The predicted octanol–water partition coefficient (Wildman–Crippen LogP) is 0.643. The normalized spacial score (nSPS) is 11.9. The van der Waals surface area contributed by atoms with Gasteiger partial charge in [0.2, 0.25) is 5.91 Å². The SMILES string of the molecule is CC[C@@H](Nc1cnc(C(N)=O)c(Nc2cnn3ccccc23)n1)C(N)=O. The highest BCUT2D eigenvalue weighted by molar-refractivity contribution is 5.97. The lowest BCUT2D eigenvalue weighted by Crippen LogP contribution is -2.35. The van der Waals surface area contributed by atoms with Gasteiger partial charge in [0.05, 0.1) is 23.6 Å². The number of hydrogen-bond acceptors (Lipinski definition) is 7. The average Bonchev–Trinajstić information content (AvgIpc) is 3.02. The Morgan fingerprint density at radius 1 is 1.27 bits per heavy atom. The van der Waals surface area contributed by atoms with Crippen LogP contribution in [0.1, 0.15) is 23.8 Å². The summed E-state index contributed by atoms with van der Waals surface area (Å²) in [5.41, 5.74) is 12.1. The van der Waals surface area contributed by atoms with E-state index >= 15 is 0 Å². The number of pyridine rings is 1. The minimum atomic E-state index is -0.732. The Balaban J connectivity index is 1.97. The number of nitrogens with two attached hydrogens (primary N) is 2. The Bertz CT molecular complexity index is 968. The molecule has 10 heteroatoms. The molecule has 6 N–H and O–H groups in total. The van der Waals surface area contributed by atoms with E-state index in [4.69, 9.17) is 11.5 Å². The van der Waals surface area contributed by atoms with Crippen LogP contribution in [0.4, 0.5) is 17.3 Å². The summed E-state index contributed by atoms with van der Waals surface area (Å²) >= 11 is 0. The summed E-state index contributed by atoms with van der Waals surface area (Å²) < 4.78 is 1.67. The van der Waals surface area contributed by atoms with Crippen LogP contribution in [0, 0.1) is 0 Å². The zero-order valence-corrected chi connectivity index (χ0v) is 14.0. The fourth-order valence-corrected chi connectivity index (χ4v) is 2.44. The molecule has 0 saturated heterocycles. The maximum Gasteiger partial charge on any atom is 0.271 e. The number of nitrogens with zero attached hydrogens (tertiary/aromatic N) is 4. The number of primary amides is 2. The molecule has 3 heterocycles. The van der Waals surface area contributed by atoms with Gasteiger partial charge in [0.25, 0.3) is 5.91 Å². The predicted molar refractivity (Wildman–Crippen MR) is 95.9 cm³/mol. The van der Waals surface area contributed by atoms with Crippen molar-refractivity contribution in [3.8, 4) is 0 Å². The van der Waals surface area contributed by atoms with Crippen molar-refractivity contribution in [2.45, 2.75) is 19.4 Å². The van der Waals surface area contributed by atoms with Gasteiger partial charge >= 0.3 is 0 Å². The van der Waals surface area contributed by atoms with Crippen molar-refractivity contribution < 1.29 is 9.59 Å². The molecule has 0 aliphatic carbocycles. The standard InChI is InChI=1S/C16H18N8O2/c1-2-9(14(17)25)21-12-8-19-13(15(18)26)16(23-12)22-10-7-20-24-6-4-3-5-11(10)24/h3-9H,2H2,1H3,(H2,17,25)(H2,18,26)(H2,21,22,23)/t9-/m1/s1. The van der Waals surface area contributed by atoms with Crippen LogP contribution in [0.5, 0.6) is 0 Å². The zero-order valence-electron chi connectivity index (χ0n) is 14.0. The Labute approximate surface area is 148 Å². The molecule has 0 radical (unpaired) electrons. The number of carbonyl (C=O) groups excluding carboxylic acids is 2. The average molecular weight is 354 g/mol. The molecule has 134 valence electrons. The number of rotatable bonds is 7. The smallest absolute Gasteiger partial charge is 0.271 e. The lowest BCUT2D eigenvalue weighted by atomic mass is 10.2. The first kappa shape index (κ1) is 17.1. The first-order chi connectivity index (χ1) is 12.5. The summed E-state index contributed by atoms with van der Waals surface area (Å²) in [5.74, 6) is -0.796. The van der Waals surface area contributed by atoms with Gasteiger partial charge in [-0.15, -0.1) is 0 Å². The minimum absolute atomic E-state index is 0.0297. The van der Waals surface area contributed by atoms with Gasteiger partial charge in [0, 0.05) is 6.20 Å². The van der Waals surface area contributed by atoms with Crippen molar-refractivity contribution in [3.05, 3.63) is 42.5 Å². The molecule has 0 saturated carbocycles. The lowest BCUT2D eigenvalue weighted by molar-refractivity contribution is -0.118. The van der Waals surface area contributed by atoms with E-state index in [-0.39, 0.29) is 11.5 Å². The Morgan fingerprint density at radius 3 is 2.77 bits per heavy atom. The van der Waals surface area contributed by atoms with Crippen LogP contribution in [0.2, 0.25) is 0 Å². The highest BCUT2D eigenvalue weighted by Gasteiger charge is 2.18. The monoisotopic (exact) mass is 354 g/mol. The van der Waals surface area contributed by atoms with Crippen LogP contribution in [-0.2, 0) is 4.79 Å². The molecule has 2 amide bonds. The van der Waals surface area contributed by atoms with E-state index in [1.54, 1.807) is 16.9 Å². The Hall–Kier alpha value is -3.69. The molecule has 0 spiro atoms. The molecule has 3 rings (SSSR count). The number of hydrogen-bond donors (Lipinski definition) is 4. The van der Waals surface area contributed by atoms with Gasteiger partial charge in [0.1, 0.15) is 11.9 Å². The van der Waals surface area contributed by atoms with Crippen molar-refractivity contribution in [1.82, 2.24) is 19.6 Å². The van der Waals surface area contributed by atoms with Crippen LogP contribution in [0.3, 0.4) is 0 Å². The van der Waals surface area contributed by atoms with Crippen LogP contribution in [0.25, 0.3) is 5.52 Å². The van der Waals surface area contributed by atoms with Gasteiger partial charge in [-0.05, 0) is 18.6 Å². The number of anilines is 3. The molecular formula is C16H18N8O2. The lowest BCUT2D eigenvalue weighted by Gasteiger charge is -2.15. The van der Waals surface area contributed by atoms with Crippen LogP contribution in [-0.4, -0.2) is 37.4 Å². The molecule has 0 unspecified atom stereocenters. The fourth-order valence-electron chi connectivity index (χ4n) is 2.44. The van der Waals surface area contributed by atoms with Gasteiger partial charge in [-0.1, -0.05) is 13.0 Å². The van der Waals surface area contributed by atoms with Gasteiger partial charge in [-0.2, -0.15) is 5.10 Å². The number of amides is 2. The summed E-state index contributed by atoms with van der Waals surface area (Å²) in [5, 5.41) is 10.1. The van der Waals surface area contributed by atoms with E-state index in [0.29, 0.717) is 17.9 Å². The molecule has 3 aromatic rings. The first-order valence-electron chi connectivity index (χ1n) is 7.91. The van der Waals surface area contributed by atoms with E-state index < -0.39 is 17.9 Å². The van der Waals surface area contributed by atoms with Gasteiger partial charge < -0.3 is 22.1 Å². The van der Waals surface area contributed by atoms with Gasteiger partial charge in [-0.3, -0.25) is 9.59 Å². The maximum absolute atomic E-state index is 11.7. The topological polar surface area (TPSA) is 153 Å². The number of nitrogens with one attached hydrogen (secondary N) is 2. The second-order valence-electron chi connectivity index (χ2n) is 5.54. The Kier molecular flexibility index (Phi) is 4.65. The van der Waals surface area contributed by atoms with Crippen molar-refractivity contribution in [1.29, 1.82) is 0 Å². The molecule has 1 atom stereocenters. The maximum atomic E-state index is 11.7. The Morgan fingerprint density at radius 2 is 2.08 bits per heavy atom. The molecule has 0 aromatic carbocycles. The van der Waals surface area contributed by atoms with E-state index in [9.17, 15) is 9.59 Å². The molecule has 10 nitrogen and oxygen atoms in total. The summed E-state index contributed by atoms with van der Waals surface area (Å²) in [7, 11) is 0. The summed E-state index contributed by atoms with van der Waals surface area (Å²) in [6, 6.07) is 4.96. The molecule has 26 heavy (non-hydrogen) atoms. The molecule has 0 aliphatic rings. The highest BCUT2D eigenvalue weighted by atomic mass is 16.1. The molecular weight excluding hydrogens is 336 g/mol. The fraction of sp³-hybridized carbons (Fsp3) is 0.188. The minimum Gasteiger partial charge on any atom is -0.368 e. The number of carbonyl (C=O) groups is 2. The quantitative estimate of drug-likeness (QED) is 0.485. The first-order valence-corrected chi connectivity index (χ1v) is 7.91. The van der Waals surface area contributed by atoms with Crippen molar-refractivity contribution in [2.75, 3.05) is 10.6 Å². The summed E-state index contributed by atoms with van der Waals surface area (Å²) in [6.45, 7) is 1.81. The van der Waals surface area contributed by atoms with E-state index in [1.807, 2.05) is 25.1 Å². The molecule has 3 aromatic heterocycles. The van der Waals surface area contributed by atoms with Gasteiger partial charge in [-0.25, -0.2) is 14.5 Å². The van der Waals surface area contributed by atoms with Gasteiger partial charge in [0.15, 0.2) is 11.5 Å². The largest absolute Gasteiger partial charge is 0.368 e. The van der Waals surface area contributed by atoms with E-state index in [0.717, 1.165) is 5.52 Å². The van der Waals surface area contributed by atoms with Crippen molar-refractivity contribution >= 4 is 34.7 Å². The third kappa shape index (κ3) is 3.38. The summed E-state index contributed by atoms with van der Waals surface area (Å²) in [4.78, 5) is 31.4. The summed E-state index contributed by atoms with van der Waals surface area (Å²) in [6.07, 6.45) is 5.19. The van der Waals surface area contributed by atoms with Crippen molar-refractivity contribution in [3.63, 3.8) is 0 Å². The number of fused-ring (bicyclic) bond motifs is 1.